The molecular weight excluding hydrogens is 457 g/mol. The molecule has 0 aliphatic heterocycles. The number of likely N-dealkylation sites (N-methyl/N-ethyl adjacent to an activating group) is 1. The van der Waals surface area contributed by atoms with Gasteiger partial charge >= 0.3 is 51.4 Å². The fraction of sp³-hybridized carbons (Fsp3) is 0.926. The number of ketones is 1. The molecule has 0 aromatic heterocycles. The number of aliphatic carboxylic acids is 1. The van der Waals surface area contributed by atoms with E-state index in [4.69, 9.17) is 0 Å². The number of carbonyl (C=O) groups is 2. The summed E-state index contributed by atoms with van der Waals surface area (Å²) in [6.07, 6.45) is 6.06. The van der Waals surface area contributed by atoms with Crippen molar-refractivity contribution in [1.82, 2.24) is 5.32 Å². The zero-order chi connectivity index (χ0) is 24.1. The number of carboxylic acids is 1. The Bertz CT molecular complexity index is 763. The topological polar surface area (TPSA) is 110 Å². The molecule has 0 heterocycles. The van der Waals surface area contributed by atoms with E-state index in [1.54, 1.807) is 7.05 Å². The fourth-order valence-corrected chi connectivity index (χ4v) is 9.60. The molecule has 4 fully saturated rings. The minimum atomic E-state index is -0.969. The summed E-state index contributed by atoms with van der Waals surface area (Å²) in [6.45, 7) is 7.20. The van der Waals surface area contributed by atoms with Crippen molar-refractivity contribution in [2.24, 2.45) is 52.3 Å². The maximum Gasteiger partial charge on any atom is 1.00 e. The molecule has 0 radical (unpaired) electrons. The maximum absolute atomic E-state index is 13.2. The molecule has 0 spiro atoms. The molecule has 188 valence electrons. The van der Waals surface area contributed by atoms with Crippen LogP contribution in [0.1, 0.15) is 78.6 Å². The molecule has 0 aromatic rings. The van der Waals surface area contributed by atoms with Gasteiger partial charge in [0.25, 0.3) is 0 Å². The third kappa shape index (κ3) is 4.91. The summed E-state index contributed by atoms with van der Waals surface area (Å²) >= 11 is 0. The van der Waals surface area contributed by atoms with Crippen molar-refractivity contribution in [3.63, 3.8) is 0 Å². The third-order valence-corrected chi connectivity index (χ3v) is 11.1. The van der Waals surface area contributed by atoms with Crippen LogP contribution in [0.5, 0.6) is 0 Å². The zero-order valence-corrected chi connectivity index (χ0v) is 25.0. The van der Waals surface area contributed by atoms with Crippen LogP contribution in [0, 0.1) is 52.3 Å². The van der Waals surface area contributed by atoms with Gasteiger partial charge in [0.05, 0.1) is 18.8 Å². The number of rotatable bonds is 7. The molecule has 0 aromatic carbocycles. The Hall–Kier alpha value is 0.656. The predicted octanol–water partition coefficient (Wildman–Crippen LogP) is -0.838. The van der Waals surface area contributed by atoms with Crippen molar-refractivity contribution in [1.29, 1.82) is 0 Å². The van der Waals surface area contributed by atoms with Crippen molar-refractivity contribution in [3.05, 3.63) is 0 Å². The molecule has 5 unspecified atom stereocenters. The molecular formula is C27H44KNO5. The van der Waals surface area contributed by atoms with Crippen LogP contribution in [0.3, 0.4) is 0 Å². The van der Waals surface area contributed by atoms with Gasteiger partial charge in [-0.15, -0.1) is 0 Å². The Labute approximate surface area is 247 Å². The van der Waals surface area contributed by atoms with E-state index in [9.17, 15) is 24.9 Å². The van der Waals surface area contributed by atoms with Crippen molar-refractivity contribution < 1.29 is 76.3 Å². The van der Waals surface area contributed by atoms with Gasteiger partial charge in [0.2, 0.25) is 0 Å². The number of carbonyl (C=O) groups excluding carboxylic acids is 2. The van der Waals surface area contributed by atoms with E-state index in [1.807, 2.05) is 0 Å². The molecule has 11 atom stereocenters. The van der Waals surface area contributed by atoms with Crippen LogP contribution in [0.2, 0.25) is 0 Å². The number of nitrogens with one attached hydrogen (secondary N) is 1. The zero-order valence-electron chi connectivity index (χ0n) is 21.9. The first-order chi connectivity index (χ1) is 15.5. The van der Waals surface area contributed by atoms with Crippen LogP contribution >= 0.6 is 0 Å². The molecule has 0 amide bonds. The van der Waals surface area contributed by atoms with Crippen LogP contribution in [0.25, 0.3) is 0 Å². The van der Waals surface area contributed by atoms with Gasteiger partial charge in [-0.3, -0.25) is 4.79 Å². The molecule has 3 N–H and O–H groups in total. The van der Waals surface area contributed by atoms with Gasteiger partial charge in [0.1, 0.15) is 5.78 Å². The van der Waals surface area contributed by atoms with Crippen molar-refractivity contribution in [2.75, 3.05) is 13.6 Å². The summed E-state index contributed by atoms with van der Waals surface area (Å²) in [5, 5.41) is 36.1. The van der Waals surface area contributed by atoms with Gasteiger partial charge < -0.3 is 25.4 Å². The van der Waals surface area contributed by atoms with Crippen molar-refractivity contribution in [3.8, 4) is 0 Å². The maximum atomic E-state index is 13.2. The van der Waals surface area contributed by atoms with Gasteiger partial charge in [0.15, 0.2) is 0 Å². The molecule has 0 saturated heterocycles. The van der Waals surface area contributed by atoms with Gasteiger partial charge in [0, 0.05) is 11.9 Å². The monoisotopic (exact) mass is 501 g/mol. The molecule has 34 heavy (non-hydrogen) atoms. The van der Waals surface area contributed by atoms with E-state index in [2.05, 4.69) is 26.1 Å². The summed E-state index contributed by atoms with van der Waals surface area (Å²) in [4.78, 5) is 24.3. The smallest absolute Gasteiger partial charge is 0.550 e. The average molecular weight is 502 g/mol. The number of hydrogen-bond donors (Lipinski definition) is 3. The quantitative estimate of drug-likeness (QED) is 0.393. The second kappa shape index (κ2) is 11.2. The van der Waals surface area contributed by atoms with E-state index in [1.165, 1.54) is 0 Å². The number of fused-ring (bicyclic) bond motifs is 5. The van der Waals surface area contributed by atoms with E-state index in [-0.39, 0.29) is 98.3 Å². The van der Waals surface area contributed by atoms with Gasteiger partial charge in [-0.2, -0.15) is 0 Å². The van der Waals surface area contributed by atoms with E-state index >= 15 is 0 Å². The van der Waals surface area contributed by atoms with Gasteiger partial charge in [-0.05, 0) is 111 Å². The molecule has 0 bridgehead atoms. The Morgan fingerprint density at radius 3 is 2.44 bits per heavy atom. The number of aliphatic hydroxyl groups excluding tert-OH is 2. The normalized spacial score (nSPS) is 46.4. The first-order valence-electron chi connectivity index (χ1n) is 13.3. The Morgan fingerprint density at radius 2 is 1.79 bits per heavy atom. The molecule has 4 aliphatic carbocycles. The summed E-state index contributed by atoms with van der Waals surface area (Å²) in [6, 6.07) is 0. The Balaban J connectivity index is 0.00000324. The number of hydrogen-bond acceptors (Lipinski definition) is 6. The molecule has 6 nitrogen and oxygen atoms in total. The Morgan fingerprint density at radius 1 is 1.09 bits per heavy atom. The number of carboxylic acid groups (broad SMARTS) is 1. The second-order valence-corrected chi connectivity index (χ2v) is 12.4. The second-order valence-electron chi connectivity index (χ2n) is 12.4. The van der Waals surface area contributed by atoms with E-state index in [0.29, 0.717) is 55.9 Å². The van der Waals surface area contributed by atoms with Gasteiger partial charge in [-0.1, -0.05) is 20.8 Å². The van der Waals surface area contributed by atoms with Crippen LogP contribution in [0.15, 0.2) is 0 Å². The molecule has 4 rings (SSSR count). The van der Waals surface area contributed by atoms with Crippen LogP contribution < -0.4 is 61.8 Å². The predicted molar refractivity (Wildman–Crippen MR) is 124 cm³/mol. The molecule has 7 heteroatoms. The number of Topliss-reactive ketones (excluding diaryl/α,β-unsaturated/α-hetero) is 1. The van der Waals surface area contributed by atoms with Crippen LogP contribution in [-0.2, 0) is 9.59 Å². The molecule has 4 saturated carbocycles. The minimum absolute atomic E-state index is 0. The van der Waals surface area contributed by atoms with Crippen LogP contribution in [-0.4, -0.2) is 47.8 Å². The standard InChI is InChI=1S/C27H45NO5.K/c1-15(5-8-24(32)33)18-6-7-19-25-20(9-10-26(18,19)2)27(3)16(12-22(25)30)11-17(29)13-21(27)23(31)14-28-4;/h15-22,25,28-30H,5-14H2,1-4H3,(H,32,33);/q;+1/p-1/t15-,16?,17+,18-,19?,20?,21?,22-,25?,26-,27+;/m1./s1. The van der Waals surface area contributed by atoms with Crippen LogP contribution in [0.4, 0.5) is 0 Å². The van der Waals surface area contributed by atoms with E-state index < -0.39 is 12.1 Å². The summed E-state index contributed by atoms with van der Waals surface area (Å²) in [5.74, 6) is 0.920. The fourth-order valence-electron chi connectivity index (χ4n) is 9.60. The van der Waals surface area contributed by atoms with Crippen molar-refractivity contribution >= 4 is 11.8 Å². The largest absolute Gasteiger partial charge is 1.00 e. The van der Waals surface area contributed by atoms with Gasteiger partial charge in [-0.25, -0.2) is 0 Å². The summed E-state index contributed by atoms with van der Waals surface area (Å²) < 4.78 is 0. The van der Waals surface area contributed by atoms with E-state index in [0.717, 1.165) is 25.7 Å². The molecule has 4 aliphatic rings. The van der Waals surface area contributed by atoms with Crippen molar-refractivity contribution in [2.45, 2.75) is 90.8 Å². The first kappa shape index (κ1) is 29.2. The SMILES string of the molecule is CNCC(=O)C1C[C@@H](O)CC2C[C@@H](O)C3C(CC[C@@]4(C)C3CC[C@@H]4[C@H](C)CCC(=O)[O-])[C@]21C.[K+]. The first-order valence-corrected chi connectivity index (χ1v) is 13.3. The summed E-state index contributed by atoms with van der Waals surface area (Å²) in [7, 11) is 1.80. The average Bonchev–Trinajstić information content (AvgIpc) is 3.10. The number of aliphatic hydroxyl groups is 2. The minimum Gasteiger partial charge on any atom is -0.550 e. The Kier molecular flexibility index (Phi) is 9.61. The summed E-state index contributed by atoms with van der Waals surface area (Å²) in [5.41, 5.74) is -0.0770. The third-order valence-electron chi connectivity index (χ3n) is 11.1.